The van der Waals surface area contributed by atoms with Crippen LogP contribution in [-0.4, -0.2) is 51.5 Å². The number of rotatable bonds is 4. The minimum Gasteiger partial charge on any atom is -0.381 e. The highest BCUT2D eigenvalue weighted by atomic mass is 17.2. The molecule has 2 saturated carbocycles. The number of Topliss-reactive ketones (excluding diaryl/α,β-unsaturated/α-hetero) is 2. The molecule has 6 rings (SSSR count). The van der Waals surface area contributed by atoms with E-state index in [2.05, 4.69) is 44.2 Å². The van der Waals surface area contributed by atoms with Gasteiger partial charge in [-0.2, -0.15) is 0 Å². The maximum Gasteiger partial charge on any atom is 0.167 e. The fraction of sp³-hybridized carbons (Fsp3) is 0.718. The molecule has 0 amide bonds. The van der Waals surface area contributed by atoms with E-state index in [1.807, 2.05) is 53.7 Å². The molecule has 8 heteroatoms. The molecule has 8 nitrogen and oxygen atoms in total. The summed E-state index contributed by atoms with van der Waals surface area (Å²) in [7, 11) is 0. The van der Waals surface area contributed by atoms with Crippen molar-refractivity contribution in [2.24, 2.45) is 28.6 Å². The van der Waals surface area contributed by atoms with Crippen molar-refractivity contribution >= 4 is 17.3 Å². The zero-order chi connectivity index (χ0) is 33.3. The number of allylic oxidation sites excluding steroid dienone is 7. The molecule has 0 aromatic carbocycles. The van der Waals surface area contributed by atoms with Crippen molar-refractivity contribution in [3.63, 3.8) is 0 Å². The summed E-state index contributed by atoms with van der Waals surface area (Å²) in [4.78, 5) is 56.9. The summed E-state index contributed by atoms with van der Waals surface area (Å²) in [6.07, 6.45) is 21.3. The number of fused-ring (bicyclic) bond motifs is 3. The van der Waals surface area contributed by atoms with E-state index in [-0.39, 0.29) is 67.5 Å². The van der Waals surface area contributed by atoms with E-state index >= 15 is 0 Å². The molecule has 0 bridgehead atoms. The summed E-state index contributed by atoms with van der Waals surface area (Å²) in [5, 5.41) is 10.3. The molecule has 0 aromatic heterocycles. The Hall–Kier alpha value is -2.23. The number of hydrogen-bond donors (Lipinski definition) is 1. The standard InChI is InChI=1S/C14H22O3.C13H20O4.C10H12O.2CH4/c1-13(2,3)17-16-11-9-12(15)14(4)8-6-5-7-10(11)14;1-12(2,3)17-16-10-8-11(14)13(15)7-5-4-6-9(10)13;1-10-7-3-2-4-8(10)5-6-9(10)11;;/h5-6,10-11H,7-9H2,1-4H3;4-5,9-10,15H,6-8H2,1-3H3;2-3,5-6,8H,4,7H2,1H3;2*1H4/t10-,11-,14+;9-,10-,13-;8-,10+;;/m111../s1. The van der Waals surface area contributed by atoms with E-state index in [0.717, 1.165) is 25.7 Å². The van der Waals surface area contributed by atoms with Gasteiger partial charge in [-0.3, -0.25) is 14.4 Å². The molecule has 47 heavy (non-hydrogen) atoms. The molecule has 0 saturated heterocycles. The number of ketones is 3. The van der Waals surface area contributed by atoms with E-state index < -0.39 is 11.2 Å². The predicted molar refractivity (Wildman–Crippen MR) is 185 cm³/mol. The molecule has 1 N–H and O–H groups in total. The van der Waals surface area contributed by atoms with Crippen molar-refractivity contribution in [3.8, 4) is 0 Å². The average molecular weight is 659 g/mol. The molecule has 6 aliphatic rings. The Morgan fingerprint density at radius 2 is 1.13 bits per heavy atom. The lowest BCUT2D eigenvalue weighted by molar-refractivity contribution is -0.379. The zero-order valence-electron chi connectivity index (χ0n) is 28.5. The van der Waals surface area contributed by atoms with Gasteiger partial charge < -0.3 is 5.11 Å². The van der Waals surface area contributed by atoms with Gasteiger partial charge >= 0.3 is 0 Å². The maximum absolute atomic E-state index is 12.1. The average Bonchev–Trinajstić information content (AvgIpc) is 3.51. The fourth-order valence-electron chi connectivity index (χ4n) is 7.12. The normalized spacial score (nSPS) is 36.6. The van der Waals surface area contributed by atoms with Gasteiger partial charge in [0.2, 0.25) is 0 Å². The third-order valence-corrected chi connectivity index (χ3v) is 10.1. The van der Waals surface area contributed by atoms with Crippen LogP contribution in [0.2, 0.25) is 0 Å². The molecule has 0 radical (unpaired) electrons. The van der Waals surface area contributed by atoms with Crippen LogP contribution in [0.15, 0.2) is 48.6 Å². The lowest BCUT2D eigenvalue weighted by Crippen LogP contribution is -2.43. The Balaban J connectivity index is 0.000000245. The van der Waals surface area contributed by atoms with E-state index in [0.29, 0.717) is 36.7 Å². The highest BCUT2D eigenvalue weighted by Gasteiger charge is 2.55. The van der Waals surface area contributed by atoms with Crippen molar-refractivity contribution < 1.29 is 39.0 Å². The summed E-state index contributed by atoms with van der Waals surface area (Å²) in [6, 6.07) is 0. The van der Waals surface area contributed by atoms with Crippen molar-refractivity contribution in [2.45, 2.75) is 151 Å². The SMILES string of the molecule is C.C.CC(C)(C)OO[C@@H]1CC(=O)[C@@]2(C)CC=CC[C@H]12.CC(C)(C)OO[C@@H]1CC(=O)[C@@]2(O)CC=CC[C@H]12.C[C@]12CC=CC[C@@H]1C=CC2=O. The zero-order valence-corrected chi connectivity index (χ0v) is 28.5. The van der Waals surface area contributed by atoms with Crippen LogP contribution in [-0.2, 0) is 33.9 Å². The largest absolute Gasteiger partial charge is 0.381 e. The number of carbonyl (C=O) groups is 3. The molecule has 0 aliphatic heterocycles. The fourth-order valence-corrected chi connectivity index (χ4v) is 7.12. The van der Waals surface area contributed by atoms with Crippen molar-refractivity contribution in [2.75, 3.05) is 0 Å². The van der Waals surface area contributed by atoms with Gasteiger partial charge in [0.1, 0.15) is 23.6 Å². The molecule has 0 unspecified atom stereocenters. The van der Waals surface area contributed by atoms with Crippen LogP contribution >= 0.6 is 0 Å². The Kier molecular flexibility index (Phi) is 13.5. The van der Waals surface area contributed by atoms with Crippen molar-refractivity contribution in [1.29, 1.82) is 0 Å². The summed E-state index contributed by atoms with van der Waals surface area (Å²) in [5.41, 5.74) is -2.29. The van der Waals surface area contributed by atoms with Gasteiger partial charge in [0.15, 0.2) is 11.6 Å². The molecular formula is C39H62O8. The van der Waals surface area contributed by atoms with Gasteiger partial charge in [0, 0.05) is 41.9 Å². The van der Waals surface area contributed by atoms with Crippen molar-refractivity contribution in [3.05, 3.63) is 48.6 Å². The number of aliphatic hydroxyl groups is 1. The summed E-state index contributed by atoms with van der Waals surface area (Å²) in [6.45, 7) is 15.6. The lowest BCUT2D eigenvalue weighted by Gasteiger charge is -2.34. The third kappa shape index (κ3) is 9.27. The minimum atomic E-state index is -1.24. The number of hydrogen-bond acceptors (Lipinski definition) is 8. The molecular weight excluding hydrogens is 596 g/mol. The Labute approximate surface area is 283 Å². The van der Waals surface area contributed by atoms with E-state index in [1.165, 1.54) is 0 Å². The Morgan fingerprint density at radius 1 is 0.660 bits per heavy atom. The topological polar surface area (TPSA) is 108 Å². The molecule has 6 aliphatic carbocycles. The summed E-state index contributed by atoms with van der Waals surface area (Å²) < 4.78 is 0. The molecule has 0 aromatic rings. The van der Waals surface area contributed by atoms with Gasteiger partial charge in [-0.1, -0.05) is 71.2 Å². The first kappa shape index (κ1) is 40.9. The minimum absolute atomic E-state index is 0. The van der Waals surface area contributed by atoms with Gasteiger partial charge in [-0.25, -0.2) is 19.6 Å². The first-order valence-corrected chi connectivity index (χ1v) is 16.5. The second-order valence-corrected chi connectivity index (χ2v) is 16.0. The molecule has 0 heterocycles. The van der Waals surface area contributed by atoms with Crippen LogP contribution in [0, 0.1) is 28.6 Å². The van der Waals surface area contributed by atoms with Crippen LogP contribution in [0.3, 0.4) is 0 Å². The monoisotopic (exact) mass is 658 g/mol. The van der Waals surface area contributed by atoms with E-state index in [4.69, 9.17) is 19.6 Å². The van der Waals surface area contributed by atoms with E-state index in [1.54, 1.807) is 6.08 Å². The van der Waals surface area contributed by atoms with Gasteiger partial charge in [-0.05, 0) is 85.6 Å². The quantitative estimate of drug-likeness (QED) is 0.183. The smallest absolute Gasteiger partial charge is 0.167 e. The van der Waals surface area contributed by atoms with Gasteiger partial charge in [-0.15, -0.1) is 0 Å². The lowest BCUT2D eigenvalue weighted by atomic mass is 9.71. The summed E-state index contributed by atoms with van der Waals surface area (Å²) in [5.74, 6) is 1.06. The third-order valence-electron chi connectivity index (χ3n) is 10.1. The van der Waals surface area contributed by atoms with Crippen LogP contribution in [0.1, 0.15) is 122 Å². The van der Waals surface area contributed by atoms with Crippen molar-refractivity contribution in [1.82, 2.24) is 0 Å². The van der Waals surface area contributed by atoms with Gasteiger partial charge in [0.05, 0.1) is 11.2 Å². The van der Waals surface area contributed by atoms with Crippen LogP contribution < -0.4 is 0 Å². The number of carbonyl (C=O) groups excluding carboxylic acids is 3. The molecule has 266 valence electrons. The van der Waals surface area contributed by atoms with Crippen LogP contribution in [0.4, 0.5) is 0 Å². The molecule has 2 fully saturated rings. The molecule has 0 spiro atoms. The summed E-state index contributed by atoms with van der Waals surface area (Å²) >= 11 is 0. The Bertz CT molecular complexity index is 1160. The maximum atomic E-state index is 12.1. The van der Waals surface area contributed by atoms with Crippen LogP contribution in [0.5, 0.6) is 0 Å². The first-order valence-electron chi connectivity index (χ1n) is 16.5. The first-order chi connectivity index (χ1) is 20.9. The van der Waals surface area contributed by atoms with E-state index in [9.17, 15) is 19.5 Å². The highest BCUT2D eigenvalue weighted by Crippen LogP contribution is 2.49. The Morgan fingerprint density at radius 3 is 1.68 bits per heavy atom. The second-order valence-electron chi connectivity index (χ2n) is 16.0. The van der Waals surface area contributed by atoms with Crippen LogP contribution in [0.25, 0.3) is 0 Å². The molecule has 8 atom stereocenters. The highest BCUT2D eigenvalue weighted by molar-refractivity contribution is 5.97. The van der Waals surface area contributed by atoms with Gasteiger partial charge in [0.25, 0.3) is 0 Å². The predicted octanol–water partition coefficient (Wildman–Crippen LogP) is 8.19. The second kappa shape index (κ2) is 15.5.